The molecule has 0 aliphatic carbocycles. The van der Waals surface area contributed by atoms with E-state index in [1.165, 1.54) is 0 Å². The Kier molecular flexibility index (Phi) is 13.4. The highest BCUT2D eigenvalue weighted by Gasteiger charge is 2.36. The van der Waals surface area contributed by atoms with Crippen LogP contribution in [-0.4, -0.2) is 85.7 Å². The van der Waals surface area contributed by atoms with Crippen molar-refractivity contribution in [2.75, 3.05) is 33.9 Å². The summed E-state index contributed by atoms with van der Waals surface area (Å²) in [6.07, 6.45) is 1.93. The summed E-state index contributed by atoms with van der Waals surface area (Å²) in [6.45, 7) is 8.90. The van der Waals surface area contributed by atoms with Crippen molar-refractivity contribution in [3.63, 3.8) is 0 Å². The van der Waals surface area contributed by atoms with Gasteiger partial charge in [0.2, 0.25) is 5.91 Å². The number of carbonyl (C=O) groups excluding carboxylic acids is 3. The fourth-order valence-electron chi connectivity index (χ4n) is 6.61. The first-order valence-corrected chi connectivity index (χ1v) is 17.0. The molecule has 1 aliphatic rings. The zero-order valence-electron chi connectivity index (χ0n) is 29.3. The number of methoxy groups -OCH3 is 1. The third-order valence-corrected chi connectivity index (χ3v) is 9.20. The summed E-state index contributed by atoms with van der Waals surface area (Å²) in [5.74, 6) is 0.273. The second kappa shape index (κ2) is 17.7. The number of hydrogen-bond acceptors (Lipinski definition) is 5. The molecule has 0 saturated carbocycles. The summed E-state index contributed by atoms with van der Waals surface area (Å²) < 4.78 is 12.3. The van der Waals surface area contributed by atoms with Gasteiger partial charge < -0.3 is 29.9 Å². The maximum atomic E-state index is 14.0. The lowest BCUT2D eigenvalue weighted by Crippen LogP contribution is -2.59. The van der Waals surface area contributed by atoms with Crippen molar-refractivity contribution in [3.8, 4) is 5.75 Å². The molecular formula is C39H52N4O5. The maximum absolute atomic E-state index is 14.0. The van der Waals surface area contributed by atoms with Gasteiger partial charge in [-0.3, -0.25) is 9.59 Å². The van der Waals surface area contributed by atoms with Crippen molar-refractivity contribution >= 4 is 17.8 Å². The van der Waals surface area contributed by atoms with Crippen LogP contribution < -0.4 is 15.4 Å². The number of para-hydroxylation sites is 1. The van der Waals surface area contributed by atoms with Crippen molar-refractivity contribution in [1.82, 2.24) is 20.4 Å². The minimum atomic E-state index is -0.615. The van der Waals surface area contributed by atoms with Crippen LogP contribution in [-0.2, 0) is 27.2 Å². The van der Waals surface area contributed by atoms with E-state index in [0.717, 1.165) is 34.4 Å². The molecule has 9 heteroatoms. The summed E-state index contributed by atoms with van der Waals surface area (Å²) in [7, 11) is 3.45. The zero-order chi connectivity index (χ0) is 34.6. The van der Waals surface area contributed by atoms with Crippen molar-refractivity contribution in [3.05, 3.63) is 101 Å². The number of benzene rings is 3. The Labute approximate surface area is 286 Å². The molecule has 1 heterocycles. The highest BCUT2D eigenvalue weighted by molar-refractivity contribution is 5.87. The van der Waals surface area contributed by atoms with Crippen LogP contribution in [0.25, 0.3) is 0 Å². The number of urea groups is 1. The largest absolute Gasteiger partial charge is 0.483 e. The fourth-order valence-corrected chi connectivity index (χ4v) is 6.61. The number of aryl methyl sites for hydroxylation is 2. The van der Waals surface area contributed by atoms with Crippen LogP contribution in [0.3, 0.4) is 0 Å². The number of nitrogens with zero attached hydrogens (tertiary/aromatic N) is 2. The number of rotatable bonds is 16. The normalized spacial score (nSPS) is 15.6. The van der Waals surface area contributed by atoms with E-state index in [4.69, 9.17) is 9.47 Å². The molecular weight excluding hydrogens is 604 g/mol. The van der Waals surface area contributed by atoms with E-state index in [1.54, 1.807) is 24.0 Å². The minimum absolute atomic E-state index is 0.0871. The molecule has 48 heavy (non-hydrogen) atoms. The topological polar surface area (TPSA) is 100 Å². The van der Waals surface area contributed by atoms with Crippen LogP contribution in [0.1, 0.15) is 48.9 Å². The highest BCUT2D eigenvalue weighted by Crippen LogP contribution is 2.24. The quantitative estimate of drug-likeness (QED) is 0.217. The molecule has 4 amide bonds. The average molecular weight is 657 g/mol. The highest BCUT2D eigenvalue weighted by atomic mass is 16.5. The standard InChI is InChI=1S/C39H52N4O5/c1-27(2)36(43-22-14-21-40-39(43)46)38(45)41-32(23-30-17-9-7-10-18-30)25-34(47-6)33(24-31-19-11-8-12-20-31)42(5)35(44)26-48-37-28(3)15-13-16-29(37)4/h7-13,15-20,27,32-34,36H,14,21-26H2,1-6H3,(H,40,46)(H,41,45)/t32-,33-,34-,36-/m0/s1. The molecule has 1 fully saturated rings. The number of ether oxygens (including phenoxy) is 2. The van der Waals surface area contributed by atoms with Gasteiger partial charge >= 0.3 is 6.03 Å². The van der Waals surface area contributed by atoms with Gasteiger partial charge in [-0.05, 0) is 67.7 Å². The molecule has 0 bridgehead atoms. The second-order valence-corrected chi connectivity index (χ2v) is 13.1. The van der Waals surface area contributed by atoms with E-state index >= 15 is 0 Å². The Morgan fingerprint density at radius 1 is 0.917 bits per heavy atom. The lowest BCUT2D eigenvalue weighted by atomic mass is 9.92. The van der Waals surface area contributed by atoms with Gasteiger partial charge in [-0.1, -0.05) is 92.7 Å². The van der Waals surface area contributed by atoms with Crippen LogP contribution in [0.2, 0.25) is 0 Å². The van der Waals surface area contributed by atoms with Crippen LogP contribution in [0.4, 0.5) is 4.79 Å². The SMILES string of the molecule is CO[C@@H](C[C@H](Cc1ccccc1)NC(=O)[C@H](C(C)C)N1CCCNC1=O)[C@H](Cc1ccccc1)N(C)C(=O)COc1c(C)cccc1C. The van der Waals surface area contributed by atoms with Crippen molar-refractivity contribution in [1.29, 1.82) is 0 Å². The Morgan fingerprint density at radius 3 is 2.08 bits per heavy atom. The summed E-state index contributed by atoms with van der Waals surface area (Å²) >= 11 is 0. The molecule has 1 saturated heterocycles. The molecule has 9 nitrogen and oxygen atoms in total. The zero-order valence-corrected chi connectivity index (χ0v) is 29.3. The predicted molar refractivity (Wildman–Crippen MR) is 189 cm³/mol. The van der Waals surface area contributed by atoms with E-state index in [1.807, 2.05) is 107 Å². The molecule has 2 N–H and O–H groups in total. The van der Waals surface area contributed by atoms with Gasteiger partial charge in [0.1, 0.15) is 11.8 Å². The number of carbonyl (C=O) groups is 3. The summed E-state index contributed by atoms with van der Waals surface area (Å²) in [5.41, 5.74) is 4.09. The van der Waals surface area contributed by atoms with Crippen LogP contribution in [0.5, 0.6) is 5.75 Å². The molecule has 4 rings (SSSR count). The first-order valence-electron chi connectivity index (χ1n) is 17.0. The van der Waals surface area contributed by atoms with E-state index in [2.05, 4.69) is 10.6 Å². The van der Waals surface area contributed by atoms with E-state index < -0.39 is 12.1 Å². The van der Waals surface area contributed by atoms with E-state index in [-0.39, 0.29) is 42.5 Å². The molecule has 3 aromatic carbocycles. The fraction of sp³-hybridized carbons (Fsp3) is 0.462. The molecule has 0 aromatic heterocycles. The Morgan fingerprint density at radius 2 is 1.52 bits per heavy atom. The molecule has 3 aromatic rings. The Balaban J connectivity index is 1.60. The lowest BCUT2D eigenvalue weighted by Gasteiger charge is -2.38. The monoisotopic (exact) mass is 656 g/mol. The number of likely N-dealkylation sites (N-methyl/N-ethyl adjacent to an activating group) is 1. The minimum Gasteiger partial charge on any atom is -0.483 e. The third kappa shape index (κ3) is 9.83. The molecule has 258 valence electrons. The van der Waals surface area contributed by atoms with Gasteiger partial charge in [0.25, 0.3) is 5.91 Å². The van der Waals surface area contributed by atoms with Gasteiger partial charge in [-0.2, -0.15) is 0 Å². The number of nitrogens with one attached hydrogen (secondary N) is 2. The molecule has 4 atom stereocenters. The van der Waals surface area contributed by atoms with Crippen molar-refractivity contribution in [2.24, 2.45) is 5.92 Å². The number of amides is 4. The number of hydrogen-bond donors (Lipinski definition) is 2. The van der Waals surface area contributed by atoms with Gasteiger partial charge in [-0.15, -0.1) is 0 Å². The smallest absolute Gasteiger partial charge is 0.318 e. The molecule has 0 spiro atoms. The Bertz CT molecular complexity index is 1460. The third-order valence-electron chi connectivity index (χ3n) is 9.20. The first-order chi connectivity index (χ1) is 23.1. The maximum Gasteiger partial charge on any atom is 0.318 e. The van der Waals surface area contributed by atoms with E-state index in [0.29, 0.717) is 32.4 Å². The first kappa shape index (κ1) is 36.5. The molecule has 0 radical (unpaired) electrons. The van der Waals surface area contributed by atoms with Gasteiger partial charge in [0.05, 0.1) is 12.1 Å². The van der Waals surface area contributed by atoms with Gasteiger partial charge in [-0.25, -0.2) is 4.79 Å². The second-order valence-electron chi connectivity index (χ2n) is 13.1. The average Bonchev–Trinajstić information content (AvgIpc) is 3.07. The van der Waals surface area contributed by atoms with Gasteiger partial charge in [0, 0.05) is 33.3 Å². The van der Waals surface area contributed by atoms with Crippen LogP contribution >= 0.6 is 0 Å². The van der Waals surface area contributed by atoms with Crippen LogP contribution in [0, 0.1) is 19.8 Å². The van der Waals surface area contributed by atoms with Crippen LogP contribution in [0.15, 0.2) is 78.9 Å². The van der Waals surface area contributed by atoms with Gasteiger partial charge in [0.15, 0.2) is 6.61 Å². The summed E-state index contributed by atoms with van der Waals surface area (Å²) in [5, 5.41) is 6.19. The van der Waals surface area contributed by atoms with Crippen molar-refractivity contribution < 1.29 is 23.9 Å². The lowest BCUT2D eigenvalue weighted by molar-refractivity contribution is -0.137. The van der Waals surface area contributed by atoms with E-state index in [9.17, 15) is 14.4 Å². The summed E-state index contributed by atoms with van der Waals surface area (Å²) in [4.78, 5) is 43.9. The predicted octanol–water partition coefficient (Wildman–Crippen LogP) is 5.32. The molecule has 0 unspecified atom stereocenters. The Hall–Kier alpha value is -4.37. The van der Waals surface area contributed by atoms with Crippen molar-refractivity contribution in [2.45, 2.75) is 77.6 Å². The summed E-state index contributed by atoms with van der Waals surface area (Å²) in [6, 6.07) is 24.5. The molecule has 1 aliphatic heterocycles.